The Labute approximate surface area is 139 Å². The zero-order valence-electron chi connectivity index (χ0n) is 12.8. The molecule has 120 valence electrons. The van der Waals surface area contributed by atoms with Crippen molar-refractivity contribution in [3.05, 3.63) is 95.9 Å². The Bertz CT molecular complexity index is 760. The zero-order chi connectivity index (χ0) is 16.8. The van der Waals surface area contributed by atoms with Crippen molar-refractivity contribution in [2.75, 3.05) is 0 Å². The molecule has 2 aromatic carbocycles. The average Bonchev–Trinajstić information content (AvgIpc) is 3.16. The second-order valence-corrected chi connectivity index (χ2v) is 5.16. The molecule has 0 bridgehead atoms. The summed E-state index contributed by atoms with van der Waals surface area (Å²) in [5.74, 6) is -0.501. The van der Waals surface area contributed by atoms with E-state index in [1.54, 1.807) is 6.07 Å². The second kappa shape index (κ2) is 7.28. The highest BCUT2D eigenvalue weighted by Crippen LogP contribution is 2.21. The van der Waals surface area contributed by atoms with E-state index in [4.69, 9.17) is 4.42 Å². The lowest BCUT2D eigenvalue weighted by molar-refractivity contribution is 0.0936. The van der Waals surface area contributed by atoms with Gasteiger partial charge in [-0.25, -0.2) is 4.79 Å². The number of amides is 3. The Morgan fingerprint density at radius 2 is 1.38 bits per heavy atom. The molecular weight excluding hydrogens is 304 g/mol. The molecular formula is C19H16N2O3. The van der Waals surface area contributed by atoms with E-state index in [0.29, 0.717) is 0 Å². The standard InChI is InChI=1S/C19H16N2O3/c22-18(16-12-7-13-24-16)21-19(23)20-17(14-8-3-1-4-9-14)15-10-5-2-6-11-15/h1-13,17H,(H2,20,21,22,23). The number of benzene rings is 2. The summed E-state index contributed by atoms with van der Waals surface area (Å²) < 4.78 is 4.98. The van der Waals surface area contributed by atoms with Crippen LogP contribution >= 0.6 is 0 Å². The summed E-state index contributed by atoms with van der Waals surface area (Å²) in [7, 11) is 0. The first kappa shape index (κ1) is 15.6. The molecule has 2 N–H and O–H groups in total. The highest BCUT2D eigenvalue weighted by atomic mass is 16.3. The van der Waals surface area contributed by atoms with Gasteiger partial charge in [0.1, 0.15) is 0 Å². The first-order chi connectivity index (χ1) is 11.7. The molecule has 0 saturated heterocycles. The first-order valence-corrected chi connectivity index (χ1v) is 7.49. The minimum Gasteiger partial charge on any atom is -0.459 e. The molecule has 0 fully saturated rings. The number of furan rings is 1. The van der Waals surface area contributed by atoms with Crippen molar-refractivity contribution < 1.29 is 14.0 Å². The summed E-state index contributed by atoms with van der Waals surface area (Å²) in [4.78, 5) is 24.1. The van der Waals surface area contributed by atoms with Crippen molar-refractivity contribution >= 4 is 11.9 Å². The lowest BCUT2D eigenvalue weighted by Gasteiger charge is -2.19. The van der Waals surface area contributed by atoms with Crippen molar-refractivity contribution in [3.63, 3.8) is 0 Å². The van der Waals surface area contributed by atoms with Gasteiger partial charge in [-0.15, -0.1) is 0 Å². The van der Waals surface area contributed by atoms with Gasteiger partial charge < -0.3 is 9.73 Å². The van der Waals surface area contributed by atoms with E-state index >= 15 is 0 Å². The monoisotopic (exact) mass is 320 g/mol. The van der Waals surface area contributed by atoms with Crippen molar-refractivity contribution in [3.8, 4) is 0 Å². The van der Waals surface area contributed by atoms with Crippen molar-refractivity contribution in [2.24, 2.45) is 0 Å². The number of hydrogen-bond acceptors (Lipinski definition) is 3. The molecule has 3 amide bonds. The van der Waals surface area contributed by atoms with Crippen LogP contribution in [-0.2, 0) is 0 Å². The minimum absolute atomic E-state index is 0.0844. The number of urea groups is 1. The van der Waals surface area contributed by atoms with Crippen molar-refractivity contribution in [1.82, 2.24) is 10.6 Å². The third-order valence-corrected chi connectivity index (χ3v) is 3.51. The number of hydrogen-bond donors (Lipinski definition) is 2. The van der Waals surface area contributed by atoms with Gasteiger partial charge in [0, 0.05) is 0 Å². The van der Waals surface area contributed by atoms with Crippen LogP contribution in [0.5, 0.6) is 0 Å². The molecule has 0 spiro atoms. The third-order valence-electron chi connectivity index (χ3n) is 3.51. The topological polar surface area (TPSA) is 71.3 Å². The van der Waals surface area contributed by atoms with Gasteiger partial charge >= 0.3 is 6.03 Å². The van der Waals surface area contributed by atoms with Crippen LogP contribution in [0, 0.1) is 0 Å². The summed E-state index contributed by atoms with van der Waals surface area (Å²) in [6, 6.07) is 21.2. The maximum atomic E-state index is 12.2. The molecule has 24 heavy (non-hydrogen) atoms. The summed E-state index contributed by atoms with van der Waals surface area (Å²) in [6.45, 7) is 0. The molecule has 3 aromatic rings. The van der Waals surface area contributed by atoms with E-state index in [9.17, 15) is 9.59 Å². The van der Waals surface area contributed by atoms with Gasteiger partial charge in [-0.2, -0.15) is 0 Å². The molecule has 1 heterocycles. The second-order valence-electron chi connectivity index (χ2n) is 5.16. The molecule has 0 unspecified atom stereocenters. The van der Waals surface area contributed by atoms with E-state index in [1.807, 2.05) is 60.7 Å². The summed E-state index contributed by atoms with van der Waals surface area (Å²) in [6.07, 6.45) is 1.38. The Kier molecular flexibility index (Phi) is 4.72. The van der Waals surface area contributed by atoms with Crippen LogP contribution in [0.3, 0.4) is 0 Å². The summed E-state index contributed by atoms with van der Waals surface area (Å²) in [5, 5.41) is 5.10. The normalized spacial score (nSPS) is 10.4. The quantitative estimate of drug-likeness (QED) is 0.773. The van der Waals surface area contributed by atoms with E-state index < -0.39 is 11.9 Å². The van der Waals surface area contributed by atoms with Crippen molar-refractivity contribution in [1.29, 1.82) is 0 Å². The van der Waals surface area contributed by atoms with Crippen LogP contribution in [0.15, 0.2) is 83.5 Å². The average molecular weight is 320 g/mol. The zero-order valence-corrected chi connectivity index (χ0v) is 12.8. The SMILES string of the molecule is O=C(NC(=O)c1ccco1)NC(c1ccccc1)c1ccccc1. The van der Waals surface area contributed by atoms with Crippen molar-refractivity contribution in [2.45, 2.75) is 6.04 Å². The Hall–Kier alpha value is -3.34. The Morgan fingerprint density at radius 1 is 0.792 bits per heavy atom. The third kappa shape index (κ3) is 3.70. The molecule has 0 saturated carbocycles. The largest absolute Gasteiger partial charge is 0.459 e. The number of nitrogens with one attached hydrogen (secondary N) is 2. The van der Waals surface area contributed by atoms with Crippen LogP contribution < -0.4 is 10.6 Å². The fraction of sp³-hybridized carbons (Fsp3) is 0.0526. The van der Waals surface area contributed by atoms with Crippen LogP contribution in [-0.4, -0.2) is 11.9 Å². The molecule has 5 nitrogen and oxygen atoms in total. The maximum Gasteiger partial charge on any atom is 0.322 e. The van der Waals surface area contributed by atoms with E-state index in [2.05, 4.69) is 10.6 Å². The number of carbonyl (C=O) groups is 2. The Morgan fingerprint density at radius 3 is 1.88 bits per heavy atom. The highest BCUT2D eigenvalue weighted by molar-refractivity contribution is 6.02. The van der Waals surface area contributed by atoms with E-state index in [-0.39, 0.29) is 11.8 Å². The lowest BCUT2D eigenvalue weighted by atomic mass is 9.99. The molecule has 1 aromatic heterocycles. The fourth-order valence-corrected chi connectivity index (χ4v) is 2.39. The summed E-state index contributed by atoms with van der Waals surface area (Å²) in [5.41, 5.74) is 1.84. The van der Waals surface area contributed by atoms with Gasteiger partial charge in [0.05, 0.1) is 12.3 Å². The van der Waals surface area contributed by atoms with Gasteiger partial charge in [-0.05, 0) is 23.3 Å². The van der Waals surface area contributed by atoms with Crippen LogP contribution in [0.2, 0.25) is 0 Å². The summed E-state index contributed by atoms with van der Waals surface area (Å²) >= 11 is 0. The van der Waals surface area contributed by atoms with Gasteiger partial charge in [0.25, 0.3) is 5.91 Å². The predicted molar refractivity (Wildman–Crippen MR) is 89.4 cm³/mol. The molecule has 5 heteroatoms. The Balaban J connectivity index is 1.77. The fourth-order valence-electron chi connectivity index (χ4n) is 2.39. The number of imide groups is 1. The van der Waals surface area contributed by atoms with Crippen LogP contribution in [0.1, 0.15) is 27.7 Å². The van der Waals surface area contributed by atoms with Crippen LogP contribution in [0.25, 0.3) is 0 Å². The molecule has 0 atom stereocenters. The lowest BCUT2D eigenvalue weighted by Crippen LogP contribution is -2.41. The van der Waals surface area contributed by atoms with Gasteiger partial charge in [0.2, 0.25) is 0 Å². The smallest absolute Gasteiger partial charge is 0.322 e. The minimum atomic E-state index is -0.589. The van der Waals surface area contributed by atoms with Crippen LogP contribution in [0.4, 0.5) is 4.79 Å². The maximum absolute atomic E-state index is 12.2. The molecule has 0 radical (unpaired) electrons. The number of carbonyl (C=O) groups excluding carboxylic acids is 2. The predicted octanol–water partition coefficient (Wildman–Crippen LogP) is 3.51. The highest BCUT2D eigenvalue weighted by Gasteiger charge is 2.19. The first-order valence-electron chi connectivity index (χ1n) is 7.49. The van der Waals surface area contributed by atoms with E-state index in [1.165, 1.54) is 12.3 Å². The van der Waals surface area contributed by atoms with E-state index in [0.717, 1.165) is 11.1 Å². The molecule has 0 aliphatic rings. The van der Waals surface area contributed by atoms with Gasteiger partial charge in [-0.3, -0.25) is 10.1 Å². The molecule has 3 rings (SSSR count). The number of rotatable bonds is 4. The molecule has 0 aliphatic heterocycles. The van der Waals surface area contributed by atoms with Gasteiger partial charge in [-0.1, -0.05) is 60.7 Å². The molecule has 0 aliphatic carbocycles. The van der Waals surface area contributed by atoms with Gasteiger partial charge in [0.15, 0.2) is 5.76 Å².